The highest BCUT2D eigenvalue weighted by atomic mass is 32.2. The Labute approximate surface area is 116 Å². The summed E-state index contributed by atoms with van der Waals surface area (Å²) in [6.45, 7) is 1.98. The van der Waals surface area contributed by atoms with Gasteiger partial charge < -0.3 is 10.9 Å². The van der Waals surface area contributed by atoms with E-state index >= 15 is 0 Å². The number of benzene rings is 1. The third-order valence-corrected chi connectivity index (χ3v) is 3.86. The van der Waals surface area contributed by atoms with Gasteiger partial charge >= 0.3 is 0 Å². The maximum Gasteiger partial charge on any atom is 0.170 e. The number of aryl methyl sites for hydroxylation is 2. The number of aromatic nitrogens is 2. The van der Waals surface area contributed by atoms with E-state index in [9.17, 15) is 0 Å². The standard InChI is InChI=1S/C13H16N4OS/c1-9-7-12(17(2)15-9)19-8-10-3-5-11(6-4-10)13(14)16-18/h3-7,18H,8H2,1-2H3,(H2,14,16). The average Bonchev–Trinajstić information content (AvgIpc) is 2.74. The van der Waals surface area contributed by atoms with Crippen molar-refractivity contribution in [3.8, 4) is 0 Å². The normalized spacial score (nSPS) is 11.8. The molecular formula is C13H16N4OS. The smallest absolute Gasteiger partial charge is 0.170 e. The molecular weight excluding hydrogens is 260 g/mol. The molecule has 0 radical (unpaired) electrons. The fourth-order valence-corrected chi connectivity index (χ4v) is 2.70. The molecule has 2 aromatic rings. The number of nitrogens with two attached hydrogens (primary N) is 1. The van der Waals surface area contributed by atoms with Crippen molar-refractivity contribution >= 4 is 17.6 Å². The molecule has 0 amide bonds. The van der Waals surface area contributed by atoms with E-state index in [1.807, 2.05) is 42.9 Å². The molecule has 0 saturated heterocycles. The second-order valence-electron chi connectivity index (χ2n) is 4.22. The molecule has 19 heavy (non-hydrogen) atoms. The first-order valence-electron chi connectivity index (χ1n) is 5.80. The Bertz CT molecular complexity index is 589. The number of hydrogen-bond donors (Lipinski definition) is 2. The Morgan fingerprint density at radius 1 is 1.42 bits per heavy atom. The topological polar surface area (TPSA) is 76.4 Å². The van der Waals surface area contributed by atoms with Crippen molar-refractivity contribution in [1.82, 2.24) is 9.78 Å². The highest BCUT2D eigenvalue weighted by Gasteiger charge is 2.04. The molecule has 0 saturated carbocycles. The molecule has 2 rings (SSSR count). The predicted octanol–water partition coefficient (Wildman–Crippen LogP) is 2.12. The molecule has 0 spiro atoms. The zero-order valence-electron chi connectivity index (χ0n) is 10.9. The summed E-state index contributed by atoms with van der Waals surface area (Å²) in [5.74, 6) is 0.983. The monoisotopic (exact) mass is 276 g/mol. The third kappa shape index (κ3) is 3.29. The molecule has 0 atom stereocenters. The van der Waals surface area contributed by atoms with E-state index in [-0.39, 0.29) is 5.84 Å². The van der Waals surface area contributed by atoms with Crippen molar-refractivity contribution < 1.29 is 5.21 Å². The van der Waals surface area contributed by atoms with Crippen LogP contribution in [0.2, 0.25) is 0 Å². The number of thioether (sulfide) groups is 1. The van der Waals surface area contributed by atoms with Crippen LogP contribution in [0.15, 0.2) is 40.5 Å². The second kappa shape index (κ2) is 5.79. The van der Waals surface area contributed by atoms with E-state index in [1.165, 1.54) is 5.56 Å². The summed E-state index contributed by atoms with van der Waals surface area (Å²) in [5.41, 5.74) is 8.43. The van der Waals surface area contributed by atoms with E-state index in [1.54, 1.807) is 11.8 Å². The fourth-order valence-electron chi connectivity index (χ4n) is 1.71. The van der Waals surface area contributed by atoms with Gasteiger partial charge in [-0.3, -0.25) is 4.68 Å². The fraction of sp³-hybridized carbons (Fsp3) is 0.231. The van der Waals surface area contributed by atoms with Crippen molar-refractivity contribution in [2.24, 2.45) is 17.9 Å². The Kier molecular flexibility index (Phi) is 4.11. The van der Waals surface area contributed by atoms with Gasteiger partial charge in [-0.25, -0.2) is 0 Å². The minimum absolute atomic E-state index is 0.126. The van der Waals surface area contributed by atoms with E-state index in [0.717, 1.165) is 16.5 Å². The molecule has 0 bridgehead atoms. The van der Waals surface area contributed by atoms with Crippen molar-refractivity contribution in [3.05, 3.63) is 47.2 Å². The van der Waals surface area contributed by atoms with Crippen LogP contribution in [-0.4, -0.2) is 20.8 Å². The lowest BCUT2D eigenvalue weighted by Crippen LogP contribution is -2.12. The molecule has 0 unspecified atom stereocenters. The van der Waals surface area contributed by atoms with E-state index in [4.69, 9.17) is 10.9 Å². The molecule has 1 heterocycles. The van der Waals surface area contributed by atoms with Crippen LogP contribution in [0.4, 0.5) is 0 Å². The van der Waals surface area contributed by atoms with Gasteiger partial charge in [0.1, 0.15) is 0 Å². The first-order chi connectivity index (χ1) is 9.10. The number of hydrogen-bond acceptors (Lipinski definition) is 4. The Hall–Kier alpha value is -1.95. The number of nitrogens with zero attached hydrogens (tertiary/aromatic N) is 3. The van der Waals surface area contributed by atoms with Crippen LogP contribution in [0.3, 0.4) is 0 Å². The van der Waals surface area contributed by atoms with Gasteiger partial charge in [-0.05, 0) is 18.6 Å². The van der Waals surface area contributed by atoms with Gasteiger partial charge in [0.15, 0.2) is 5.84 Å². The zero-order valence-corrected chi connectivity index (χ0v) is 11.7. The van der Waals surface area contributed by atoms with Gasteiger partial charge in [-0.1, -0.05) is 29.4 Å². The van der Waals surface area contributed by atoms with Gasteiger partial charge in [0, 0.05) is 18.4 Å². The SMILES string of the molecule is Cc1cc(SCc2ccc(C(N)=NO)cc2)n(C)n1. The maximum absolute atomic E-state index is 8.59. The van der Waals surface area contributed by atoms with Crippen molar-refractivity contribution in [3.63, 3.8) is 0 Å². The molecule has 0 aliphatic rings. The zero-order chi connectivity index (χ0) is 13.8. The van der Waals surface area contributed by atoms with Crippen LogP contribution in [0, 0.1) is 6.92 Å². The van der Waals surface area contributed by atoms with E-state index in [2.05, 4.69) is 16.3 Å². The highest BCUT2D eigenvalue weighted by molar-refractivity contribution is 7.98. The summed E-state index contributed by atoms with van der Waals surface area (Å²) < 4.78 is 1.88. The molecule has 5 nitrogen and oxygen atoms in total. The highest BCUT2D eigenvalue weighted by Crippen LogP contribution is 2.23. The lowest BCUT2D eigenvalue weighted by Gasteiger charge is -2.03. The summed E-state index contributed by atoms with van der Waals surface area (Å²) in [5, 5.41) is 17.0. The molecule has 0 fully saturated rings. The summed E-state index contributed by atoms with van der Waals surface area (Å²) >= 11 is 1.73. The van der Waals surface area contributed by atoms with Crippen LogP contribution < -0.4 is 5.73 Å². The van der Waals surface area contributed by atoms with Gasteiger partial charge in [-0.2, -0.15) is 5.10 Å². The van der Waals surface area contributed by atoms with Gasteiger partial charge in [-0.15, -0.1) is 11.8 Å². The van der Waals surface area contributed by atoms with Crippen molar-refractivity contribution in [2.45, 2.75) is 17.7 Å². The minimum atomic E-state index is 0.126. The van der Waals surface area contributed by atoms with Crippen LogP contribution in [-0.2, 0) is 12.8 Å². The Morgan fingerprint density at radius 2 is 2.11 bits per heavy atom. The molecule has 0 aliphatic carbocycles. The average molecular weight is 276 g/mol. The number of rotatable bonds is 4. The van der Waals surface area contributed by atoms with E-state index in [0.29, 0.717) is 5.56 Å². The van der Waals surface area contributed by atoms with Crippen LogP contribution in [0.25, 0.3) is 0 Å². The van der Waals surface area contributed by atoms with Crippen LogP contribution in [0.5, 0.6) is 0 Å². The van der Waals surface area contributed by atoms with Gasteiger partial charge in [0.25, 0.3) is 0 Å². The summed E-state index contributed by atoms with van der Waals surface area (Å²) in [4.78, 5) is 0. The summed E-state index contributed by atoms with van der Waals surface area (Å²) in [6, 6.07) is 9.71. The Balaban J connectivity index is 2.02. The van der Waals surface area contributed by atoms with Gasteiger partial charge in [0.05, 0.1) is 10.7 Å². The molecule has 100 valence electrons. The first kappa shape index (κ1) is 13.5. The molecule has 0 aliphatic heterocycles. The lowest BCUT2D eigenvalue weighted by atomic mass is 10.1. The lowest BCUT2D eigenvalue weighted by molar-refractivity contribution is 0.318. The largest absolute Gasteiger partial charge is 0.409 e. The quantitative estimate of drug-likeness (QED) is 0.295. The number of oxime groups is 1. The molecule has 1 aromatic heterocycles. The maximum atomic E-state index is 8.59. The molecule has 1 aromatic carbocycles. The number of amidine groups is 1. The minimum Gasteiger partial charge on any atom is -0.409 e. The second-order valence-corrected chi connectivity index (χ2v) is 5.21. The predicted molar refractivity (Wildman–Crippen MR) is 76.5 cm³/mol. The van der Waals surface area contributed by atoms with E-state index < -0.39 is 0 Å². The summed E-state index contributed by atoms with van der Waals surface area (Å²) in [6.07, 6.45) is 0. The summed E-state index contributed by atoms with van der Waals surface area (Å²) in [7, 11) is 1.94. The van der Waals surface area contributed by atoms with Crippen LogP contribution in [0.1, 0.15) is 16.8 Å². The van der Waals surface area contributed by atoms with Crippen molar-refractivity contribution in [2.75, 3.05) is 0 Å². The first-order valence-corrected chi connectivity index (χ1v) is 6.79. The Morgan fingerprint density at radius 3 is 2.63 bits per heavy atom. The molecule has 6 heteroatoms. The van der Waals surface area contributed by atoms with Gasteiger partial charge in [0.2, 0.25) is 0 Å². The third-order valence-electron chi connectivity index (χ3n) is 2.70. The van der Waals surface area contributed by atoms with Crippen molar-refractivity contribution in [1.29, 1.82) is 0 Å². The van der Waals surface area contributed by atoms with Crippen LogP contribution >= 0.6 is 11.8 Å². The molecule has 3 N–H and O–H groups in total.